The fourth-order valence-corrected chi connectivity index (χ4v) is 3.49. The Morgan fingerprint density at radius 2 is 1.74 bits per heavy atom. The third-order valence-electron chi connectivity index (χ3n) is 4.89. The van der Waals surface area contributed by atoms with Gasteiger partial charge in [-0.2, -0.15) is 0 Å². The van der Waals surface area contributed by atoms with Crippen molar-refractivity contribution in [2.24, 2.45) is 5.92 Å². The maximum atomic E-state index is 4.39. The molecule has 1 aliphatic rings. The van der Waals surface area contributed by atoms with Gasteiger partial charge in [-0.25, -0.2) is 0 Å². The molecule has 5 heteroatoms. The third kappa shape index (κ3) is 2.52. The Morgan fingerprint density at radius 3 is 2.57 bits per heavy atom. The van der Waals surface area contributed by atoms with Gasteiger partial charge in [0.05, 0.1) is 5.69 Å². The van der Waals surface area contributed by atoms with E-state index >= 15 is 0 Å². The first-order valence-electron chi connectivity index (χ1n) is 8.12. The number of aromatic nitrogens is 3. The SMILES string of the molecule is CC1NNC(C)C1Cc1nncn1-c1cccc2ccccc12. The van der Waals surface area contributed by atoms with E-state index in [1.54, 1.807) is 0 Å². The predicted molar refractivity (Wildman–Crippen MR) is 91.3 cm³/mol. The molecule has 118 valence electrons. The van der Waals surface area contributed by atoms with Gasteiger partial charge in [0.15, 0.2) is 0 Å². The molecule has 1 aliphatic heterocycles. The maximum Gasteiger partial charge on any atom is 0.137 e. The molecule has 1 saturated heterocycles. The van der Waals surface area contributed by atoms with Crippen LogP contribution in [0.2, 0.25) is 0 Å². The zero-order chi connectivity index (χ0) is 15.8. The number of hydrogen-bond acceptors (Lipinski definition) is 4. The van der Waals surface area contributed by atoms with Crippen LogP contribution in [0.15, 0.2) is 48.8 Å². The van der Waals surface area contributed by atoms with Gasteiger partial charge in [-0.05, 0) is 31.2 Å². The van der Waals surface area contributed by atoms with Crippen LogP contribution in [0.3, 0.4) is 0 Å². The van der Waals surface area contributed by atoms with Gasteiger partial charge in [0.25, 0.3) is 0 Å². The molecular formula is C18H21N5. The summed E-state index contributed by atoms with van der Waals surface area (Å²) < 4.78 is 2.13. The molecule has 1 aromatic heterocycles. The fourth-order valence-electron chi connectivity index (χ4n) is 3.49. The van der Waals surface area contributed by atoms with Crippen molar-refractivity contribution in [1.29, 1.82) is 0 Å². The molecule has 2 aromatic carbocycles. The summed E-state index contributed by atoms with van der Waals surface area (Å²) in [5.74, 6) is 1.50. The molecule has 0 saturated carbocycles. The van der Waals surface area contributed by atoms with Crippen molar-refractivity contribution in [2.45, 2.75) is 32.4 Å². The van der Waals surface area contributed by atoms with Crippen molar-refractivity contribution in [2.75, 3.05) is 0 Å². The van der Waals surface area contributed by atoms with Gasteiger partial charge >= 0.3 is 0 Å². The van der Waals surface area contributed by atoms with Crippen LogP contribution in [0.4, 0.5) is 0 Å². The minimum atomic E-state index is 0.419. The highest BCUT2D eigenvalue weighted by molar-refractivity contribution is 5.90. The van der Waals surface area contributed by atoms with Crippen LogP contribution in [-0.4, -0.2) is 26.8 Å². The average Bonchev–Trinajstić information content (AvgIpc) is 3.16. The van der Waals surface area contributed by atoms with Crippen molar-refractivity contribution < 1.29 is 0 Å². The molecule has 1 fully saturated rings. The van der Waals surface area contributed by atoms with Crippen LogP contribution in [0, 0.1) is 5.92 Å². The summed E-state index contributed by atoms with van der Waals surface area (Å²) in [6.07, 6.45) is 2.72. The normalized spacial score (nSPS) is 24.3. The third-order valence-corrected chi connectivity index (χ3v) is 4.89. The molecule has 23 heavy (non-hydrogen) atoms. The minimum absolute atomic E-state index is 0.419. The lowest BCUT2D eigenvalue weighted by Crippen LogP contribution is -2.30. The predicted octanol–water partition coefficient (Wildman–Crippen LogP) is 2.46. The molecule has 2 unspecified atom stereocenters. The molecule has 0 radical (unpaired) electrons. The summed E-state index contributed by atoms with van der Waals surface area (Å²) in [4.78, 5) is 0. The maximum absolute atomic E-state index is 4.39. The standard InChI is InChI=1S/C18H21N5/c1-12-16(13(2)21-20-12)10-18-22-19-11-23(18)17-9-5-7-14-6-3-4-8-15(14)17/h3-9,11-13,16,20-21H,10H2,1-2H3. The quantitative estimate of drug-likeness (QED) is 0.780. The Morgan fingerprint density at radius 1 is 1.00 bits per heavy atom. The van der Waals surface area contributed by atoms with E-state index in [0.29, 0.717) is 18.0 Å². The molecule has 5 nitrogen and oxygen atoms in total. The molecule has 4 rings (SSSR count). The van der Waals surface area contributed by atoms with E-state index in [1.807, 2.05) is 6.33 Å². The van der Waals surface area contributed by atoms with E-state index in [9.17, 15) is 0 Å². The number of rotatable bonds is 3. The molecule has 2 heterocycles. The largest absolute Gasteiger partial charge is 0.285 e. The summed E-state index contributed by atoms with van der Waals surface area (Å²) >= 11 is 0. The molecule has 0 amide bonds. The highest BCUT2D eigenvalue weighted by atomic mass is 15.4. The van der Waals surface area contributed by atoms with Crippen LogP contribution in [0.5, 0.6) is 0 Å². The molecule has 0 aliphatic carbocycles. The Balaban J connectivity index is 1.74. The first-order valence-corrected chi connectivity index (χ1v) is 8.12. The molecule has 2 atom stereocenters. The van der Waals surface area contributed by atoms with Crippen molar-refractivity contribution >= 4 is 10.8 Å². The highest BCUT2D eigenvalue weighted by Gasteiger charge is 2.31. The molecule has 0 spiro atoms. The lowest BCUT2D eigenvalue weighted by Gasteiger charge is -2.18. The first-order chi connectivity index (χ1) is 11.2. The first kappa shape index (κ1) is 14.4. The van der Waals surface area contributed by atoms with Gasteiger partial charge in [-0.1, -0.05) is 36.4 Å². The zero-order valence-electron chi connectivity index (χ0n) is 13.4. The fraction of sp³-hybridized carbons (Fsp3) is 0.333. The average molecular weight is 307 g/mol. The van der Waals surface area contributed by atoms with Gasteiger partial charge in [0.1, 0.15) is 12.2 Å². The smallest absolute Gasteiger partial charge is 0.137 e. The summed E-state index contributed by atoms with van der Waals surface area (Å²) in [5, 5.41) is 11.0. The monoisotopic (exact) mass is 307 g/mol. The van der Waals surface area contributed by atoms with Crippen LogP contribution in [0.25, 0.3) is 16.5 Å². The second-order valence-electron chi connectivity index (χ2n) is 6.35. The van der Waals surface area contributed by atoms with E-state index in [0.717, 1.165) is 17.9 Å². The van der Waals surface area contributed by atoms with Crippen molar-refractivity contribution in [3.63, 3.8) is 0 Å². The highest BCUT2D eigenvalue weighted by Crippen LogP contribution is 2.25. The van der Waals surface area contributed by atoms with E-state index in [-0.39, 0.29) is 0 Å². The lowest BCUT2D eigenvalue weighted by atomic mass is 9.93. The lowest BCUT2D eigenvalue weighted by molar-refractivity contribution is 0.430. The molecule has 3 aromatic rings. The minimum Gasteiger partial charge on any atom is -0.285 e. The topological polar surface area (TPSA) is 54.8 Å². The van der Waals surface area contributed by atoms with Gasteiger partial charge < -0.3 is 0 Å². The molecule has 0 bridgehead atoms. The summed E-state index contributed by atoms with van der Waals surface area (Å²) in [6.45, 7) is 4.42. The molecule has 2 N–H and O–H groups in total. The Labute approximate surface area is 135 Å². The Kier molecular flexibility index (Phi) is 3.59. The molecular weight excluding hydrogens is 286 g/mol. The Bertz CT molecular complexity index is 810. The summed E-state index contributed by atoms with van der Waals surface area (Å²) in [7, 11) is 0. The number of hydrogen-bond donors (Lipinski definition) is 2. The van der Waals surface area contributed by atoms with E-state index in [4.69, 9.17) is 0 Å². The van der Waals surface area contributed by atoms with E-state index < -0.39 is 0 Å². The van der Waals surface area contributed by atoms with Crippen LogP contribution < -0.4 is 10.9 Å². The van der Waals surface area contributed by atoms with Crippen molar-refractivity contribution in [3.05, 3.63) is 54.6 Å². The van der Waals surface area contributed by atoms with Gasteiger partial charge in [0, 0.05) is 23.9 Å². The Hall–Kier alpha value is -2.24. The second-order valence-corrected chi connectivity index (χ2v) is 6.35. The van der Waals surface area contributed by atoms with Crippen molar-refractivity contribution in [3.8, 4) is 5.69 Å². The number of nitrogens with one attached hydrogen (secondary N) is 2. The van der Waals surface area contributed by atoms with Crippen molar-refractivity contribution in [1.82, 2.24) is 25.6 Å². The van der Waals surface area contributed by atoms with Crippen LogP contribution >= 0.6 is 0 Å². The second kappa shape index (κ2) is 5.76. The van der Waals surface area contributed by atoms with Gasteiger partial charge in [0.2, 0.25) is 0 Å². The van der Waals surface area contributed by atoms with Crippen LogP contribution in [0.1, 0.15) is 19.7 Å². The number of nitrogens with zero attached hydrogens (tertiary/aromatic N) is 3. The number of fused-ring (bicyclic) bond motifs is 1. The van der Waals surface area contributed by atoms with Crippen LogP contribution in [-0.2, 0) is 6.42 Å². The summed E-state index contributed by atoms with van der Waals surface area (Å²) in [5.41, 5.74) is 7.77. The number of benzene rings is 2. The van der Waals surface area contributed by atoms with E-state index in [1.165, 1.54) is 10.8 Å². The summed E-state index contributed by atoms with van der Waals surface area (Å²) in [6, 6.07) is 15.6. The van der Waals surface area contributed by atoms with Gasteiger partial charge in [-0.3, -0.25) is 15.4 Å². The van der Waals surface area contributed by atoms with E-state index in [2.05, 4.69) is 81.9 Å². The number of hydrazine groups is 1. The zero-order valence-corrected chi connectivity index (χ0v) is 13.4. The van der Waals surface area contributed by atoms with Gasteiger partial charge in [-0.15, -0.1) is 10.2 Å².